The number of thiophene rings is 1. The fraction of sp³-hybridized carbons (Fsp3) is 0.367. The van der Waals surface area contributed by atoms with Gasteiger partial charge in [-0.2, -0.15) is 0 Å². The molecule has 4 aromatic rings. The molecular weight excluding hydrogens is 406 g/mol. The van der Waals surface area contributed by atoms with Gasteiger partial charge in [0.1, 0.15) is 0 Å². The molecule has 0 bridgehead atoms. The van der Waals surface area contributed by atoms with E-state index >= 15 is 0 Å². The maximum Gasteiger partial charge on any atom is 0.0823 e. The molecule has 0 unspecified atom stereocenters. The normalized spacial score (nSPS) is 12.3. The van der Waals surface area contributed by atoms with Gasteiger partial charge in [-0.1, -0.05) is 78.3 Å². The summed E-state index contributed by atoms with van der Waals surface area (Å²) in [6, 6.07) is 20.4. The van der Waals surface area contributed by atoms with Crippen LogP contribution in [0.3, 0.4) is 0 Å². The number of nitrogens with zero attached hydrogens (tertiary/aromatic N) is 1. The predicted octanol–water partition coefficient (Wildman–Crippen LogP) is 9.48. The van der Waals surface area contributed by atoms with Gasteiger partial charge in [-0.05, 0) is 76.8 Å². The van der Waals surface area contributed by atoms with Crippen LogP contribution in [0.1, 0.15) is 82.6 Å². The van der Waals surface area contributed by atoms with E-state index in [-0.39, 0.29) is 5.41 Å². The quantitative estimate of drug-likeness (QED) is 0.307. The standard InChI is InChI=1S/C30H35NS/c1-18(2)23-10-9-11-24(19(3)4)29(23)28-17-26-27(32-28)13-12-25(31-26)21-14-20(5)15-22(16-21)30(6,7)8/h9-19H,1-8H3. The van der Waals surface area contributed by atoms with E-state index in [2.05, 4.69) is 110 Å². The van der Waals surface area contributed by atoms with Crippen LogP contribution in [0.4, 0.5) is 0 Å². The number of pyridine rings is 1. The summed E-state index contributed by atoms with van der Waals surface area (Å²) in [5.74, 6) is 0.973. The van der Waals surface area contributed by atoms with Gasteiger partial charge in [-0.15, -0.1) is 11.3 Å². The molecule has 32 heavy (non-hydrogen) atoms. The molecule has 2 aromatic carbocycles. The number of fused-ring (bicyclic) bond motifs is 1. The Kier molecular flexibility index (Phi) is 6.02. The number of hydrogen-bond donors (Lipinski definition) is 0. The maximum atomic E-state index is 5.12. The van der Waals surface area contributed by atoms with Gasteiger partial charge in [-0.25, -0.2) is 4.98 Å². The minimum atomic E-state index is 0.119. The van der Waals surface area contributed by atoms with Crippen molar-refractivity contribution < 1.29 is 0 Å². The fourth-order valence-corrected chi connectivity index (χ4v) is 5.50. The highest BCUT2D eigenvalue weighted by Crippen LogP contribution is 2.42. The van der Waals surface area contributed by atoms with Crippen LogP contribution < -0.4 is 0 Å². The van der Waals surface area contributed by atoms with Gasteiger partial charge in [0.05, 0.1) is 15.9 Å². The van der Waals surface area contributed by atoms with E-state index in [0.717, 1.165) is 11.2 Å². The zero-order valence-corrected chi connectivity index (χ0v) is 21.5. The molecule has 166 valence electrons. The monoisotopic (exact) mass is 441 g/mol. The van der Waals surface area contributed by atoms with Gasteiger partial charge >= 0.3 is 0 Å². The molecule has 0 fully saturated rings. The van der Waals surface area contributed by atoms with Crippen molar-refractivity contribution in [3.05, 3.63) is 76.9 Å². The van der Waals surface area contributed by atoms with Crippen LogP contribution in [0.2, 0.25) is 0 Å². The van der Waals surface area contributed by atoms with Gasteiger partial charge in [0.25, 0.3) is 0 Å². The van der Waals surface area contributed by atoms with Gasteiger partial charge in [0.2, 0.25) is 0 Å². The van der Waals surface area contributed by atoms with Crippen LogP contribution in [0, 0.1) is 6.92 Å². The Morgan fingerprint density at radius 2 is 1.47 bits per heavy atom. The molecule has 4 rings (SSSR count). The van der Waals surface area contributed by atoms with Crippen molar-refractivity contribution >= 4 is 21.6 Å². The van der Waals surface area contributed by atoms with Crippen molar-refractivity contribution in [1.82, 2.24) is 4.98 Å². The molecule has 0 spiro atoms. The number of benzene rings is 2. The van der Waals surface area contributed by atoms with Crippen LogP contribution >= 0.6 is 11.3 Å². The Labute approximate surface area is 197 Å². The molecule has 0 aliphatic carbocycles. The van der Waals surface area contributed by atoms with Crippen LogP contribution in [-0.4, -0.2) is 4.98 Å². The lowest BCUT2D eigenvalue weighted by molar-refractivity contribution is 0.590. The summed E-state index contributed by atoms with van der Waals surface area (Å²) in [7, 11) is 0. The van der Waals surface area contributed by atoms with E-state index < -0.39 is 0 Å². The summed E-state index contributed by atoms with van der Waals surface area (Å²) in [6.45, 7) is 18.1. The first-order valence-electron chi connectivity index (χ1n) is 11.7. The van der Waals surface area contributed by atoms with E-state index in [0.29, 0.717) is 11.8 Å². The summed E-state index contributed by atoms with van der Waals surface area (Å²) >= 11 is 1.87. The second kappa shape index (κ2) is 8.48. The molecule has 0 saturated carbocycles. The van der Waals surface area contributed by atoms with Crippen LogP contribution in [0.5, 0.6) is 0 Å². The highest BCUT2D eigenvalue weighted by atomic mass is 32.1. The first-order valence-corrected chi connectivity index (χ1v) is 12.5. The van der Waals surface area contributed by atoms with Crippen LogP contribution in [0.15, 0.2) is 54.6 Å². The Balaban J connectivity index is 1.86. The first kappa shape index (κ1) is 22.7. The molecule has 0 aliphatic rings. The van der Waals surface area contributed by atoms with E-state index in [1.165, 1.54) is 43.0 Å². The number of aromatic nitrogens is 1. The number of rotatable bonds is 4. The summed E-state index contributed by atoms with van der Waals surface area (Å²) in [5.41, 5.74) is 10.4. The smallest absolute Gasteiger partial charge is 0.0823 e. The van der Waals surface area contributed by atoms with E-state index in [4.69, 9.17) is 4.98 Å². The first-order chi connectivity index (χ1) is 15.0. The van der Waals surface area contributed by atoms with E-state index in [1.54, 1.807) is 0 Å². The summed E-state index contributed by atoms with van der Waals surface area (Å²) in [6.07, 6.45) is 0. The van der Waals surface area contributed by atoms with Gasteiger partial charge in [-0.3, -0.25) is 0 Å². The third-order valence-corrected chi connectivity index (χ3v) is 7.34. The molecule has 0 radical (unpaired) electrons. The van der Waals surface area contributed by atoms with Crippen molar-refractivity contribution in [2.75, 3.05) is 0 Å². The molecule has 0 N–H and O–H groups in total. The molecule has 1 nitrogen and oxygen atoms in total. The molecule has 2 heteroatoms. The lowest BCUT2D eigenvalue weighted by Crippen LogP contribution is -2.11. The van der Waals surface area contributed by atoms with Gasteiger partial charge in [0.15, 0.2) is 0 Å². The van der Waals surface area contributed by atoms with Gasteiger partial charge in [0, 0.05) is 10.4 Å². The third-order valence-electron chi connectivity index (χ3n) is 6.23. The van der Waals surface area contributed by atoms with Crippen molar-refractivity contribution in [3.8, 4) is 21.7 Å². The Morgan fingerprint density at radius 3 is 2.06 bits per heavy atom. The number of hydrogen-bond acceptors (Lipinski definition) is 2. The summed E-state index contributed by atoms with van der Waals surface area (Å²) in [4.78, 5) is 6.45. The maximum absolute atomic E-state index is 5.12. The Bertz CT molecular complexity index is 1240. The highest BCUT2D eigenvalue weighted by Gasteiger charge is 2.19. The lowest BCUT2D eigenvalue weighted by atomic mass is 9.85. The Hall–Kier alpha value is -2.45. The van der Waals surface area contributed by atoms with E-state index in [9.17, 15) is 0 Å². The Morgan fingerprint density at radius 1 is 0.812 bits per heavy atom. The molecule has 0 atom stereocenters. The molecule has 0 aliphatic heterocycles. The SMILES string of the molecule is Cc1cc(-c2ccc3sc(-c4c(C(C)C)cccc4C(C)C)cc3n2)cc(C(C)(C)C)c1. The second-order valence-electron chi connectivity index (χ2n) is 10.6. The highest BCUT2D eigenvalue weighted by molar-refractivity contribution is 7.22. The zero-order chi connectivity index (χ0) is 23.2. The summed E-state index contributed by atoms with van der Waals surface area (Å²) < 4.78 is 1.25. The number of aryl methyl sites for hydroxylation is 1. The average molecular weight is 442 g/mol. The van der Waals surface area contributed by atoms with Gasteiger partial charge < -0.3 is 0 Å². The third kappa shape index (κ3) is 4.38. The minimum absolute atomic E-state index is 0.119. The molecule has 2 aromatic heterocycles. The fourth-order valence-electron chi connectivity index (χ4n) is 4.41. The summed E-state index contributed by atoms with van der Waals surface area (Å²) in [5, 5.41) is 0. The average Bonchev–Trinajstić information content (AvgIpc) is 3.15. The lowest BCUT2D eigenvalue weighted by Gasteiger charge is -2.20. The molecule has 0 saturated heterocycles. The minimum Gasteiger partial charge on any atom is -0.247 e. The molecular formula is C30H35NS. The topological polar surface area (TPSA) is 12.9 Å². The van der Waals surface area contributed by atoms with Crippen molar-refractivity contribution in [1.29, 1.82) is 0 Å². The van der Waals surface area contributed by atoms with Crippen molar-refractivity contribution in [3.63, 3.8) is 0 Å². The van der Waals surface area contributed by atoms with E-state index in [1.807, 2.05) is 11.3 Å². The largest absolute Gasteiger partial charge is 0.247 e. The molecule has 2 heterocycles. The van der Waals surface area contributed by atoms with Crippen molar-refractivity contribution in [2.45, 2.75) is 72.6 Å². The van der Waals surface area contributed by atoms with Crippen LogP contribution in [-0.2, 0) is 5.41 Å². The predicted molar refractivity (Wildman–Crippen MR) is 142 cm³/mol. The zero-order valence-electron chi connectivity index (χ0n) is 20.7. The second-order valence-corrected chi connectivity index (χ2v) is 11.7. The van der Waals surface area contributed by atoms with Crippen LogP contribution in [0.25, 0.3) is 31.9 Å². The van der Waals surface area contributed by atoms with Crippen molar-refractivity contribution in [2.24, 2.45) is 0 Å². The molecule has 0 amide bonds.